The van der Waals surface area contributed by atoms with E-state index in [2.05, 4.69) is 28.6 Å². The Labute approximate surface area is 169 Å². The Morgan fingerprint density at radius 1 is 1.04 bits per heavy atom. The average Bonchev–Trinajstić information content (AvgIpc) is 3.19. The molecule has 1 aromatic carbocycles. The van der Waals surface area contributed by atoms with Gasteiger partial charge in [0.1, 0.15) is 0 Å². The molecule has 0 aliphatic heterocycles. The van der Waals surface area contributed by atoms with Gasteiger partial charge in [-0.3, -0.25) is 0 Å². The van der Waals surface area contributed by atoms with Gasteiger partial charge in [0.05, 0.1) is 19.0 Å². The normalized spacial score (nSPS) is 12.7. The van der Waals surface area contributed by atoms with Gasteiger partial charge in [-0.05, 0) is 24.1 Å². The van der Waals surface area contributed by atoms with Crippen LogP contribution in [0.2, 0.25) is 5.02 Å². The summed E-state index contributed by atoms with van der Waals surface area (Å²) in [6.45, 7) is 3.85. The zero-order chi connectivity index (χ0) is 19.2. The van der Waals surface area contributed by atoms with E-state index < -0.39 is 0 Å². The number of halogens is 1. The first kappa shape index (κ1) is 21.7. The van der Waals surface area contributed by atoms with Crippen LogP contribution in [0.3, 0.4) is 0 Å². The molecule has 0 saturated carbocycles. The van der Waals surface area contributed by atoms with Crippen LogP contribution >= 0.6 is 11.6 Å². The minimum absolute atomic E-state index is 0.0411. The van der Waals surface area contributed by atoms with Crippen molar-refractivity contribution in [3.8, 4) is 0 Å². The van der Waals surface area contributed by atoms with Crippen LogP contribution < -0.4 is 0 Å². The highest BCUT2D eigenvalue weighted by molar-refractivity contribution is 6.30. The van der Waals surface area contributed by atoms with Crippen LogP contribution in [0.4, 0.5) is 0 Å². The zero-order valence-corrected chi connectivity index (χ0v) is 17.3. The molecule has 0 spiro atoms. The zero-order valence-electron chi connectivity index (χ0n) is 16.5. The van der Waals surface area contributed by atoms with E-state index in [4.69, 9.17) is 16.3 Å². The summed E-state index contributed by atoms with van der Waals surface area (Å²) in [6, 6.07) is 7.86. The molecule has 27 heavy (non-hydrogen) atoms. The molecule has 0 radical (unpaired) electrons. The SMILES string of the molecule is CCCCCCCCCCOC(/C=C/c1ccc(Cl)cc1)Cn1ccnc1. The van der Waals surface area contributed by atoms with Crippen molar-refractivity contribution in [2.45, 2.75) is 70.9 Å². The summed E-state index contributed by atoms with van der Waals surface area (Å²) in [5.74, 6) is 0. The molecule has 1 atom stereocenters. The molecule has 4 heteroatoms. The molecular formula is C23H33ClN2O. The standard InChI is InChI=1S/C23H33ClN2O/c1-2-3-4-5-6-7-8-9-18-27-23(19-26-17-16-25-20-26)15-12-21-10-13-22(24)14-11-21/h10-17,20,23H,2-9,18-19H2,1H3/b15-12+. The molecular weight excluding hydrogens is 356 g/mol. The maximum absolute atomic E-state index is 6.14. The highest BCUT2D eigenvalue weighted by Crippen LogP contribution is 2.13. The minimum Gasteiger partial charge on any atom is -0.372 e. The van der Waals surface area contributed by atoms with E-state index in [0.29, 0.717) is 0 Å². The Morgan fingerprint density at radius 2 is 1.74 bits per heavy atom. The van der Waals surface area contributed by atoms with E-state index in [-0.39, 0.29) is 6.10 Å². The first-order valence-electron chi connectivity index (χ1n) is 10.3. The largest absolute Gasteiger partial charge is 0.372 e. The van der Waals surface area contributed by atoms with E-state index in [9.17, 15) is 0 Å². The monoisotopic (exact) mass is 388 g/mol. The lowest BCUT2D eigenvalue weighted by atomic mass is 10.1. The first-order chi connectivity index (χ1) is 13.3. The Morgan fingerprint density at radius 3 is 2.41 bits per heavy atom. The van der Waals surface area contributed by atoms with Gasteiger partial charge in [0.25, 0.3) is 0 Å². The highest BCUT2D eigenvalue weighted by Gasteiger charge is 2.06. The van der Waals surface area contributed by atoms with Crippen LogP contribution in [0.5, 0.6) is 0 Å². The van der Waals surface area contributed by atoms with Crippen LogP contribution in [-0.2, 0) is 11.3 Å². The quantitative estimate of drug-likeness (QED) is 0.333. The number of ether oxygens (including phenoxy) is 1. The third kappa shape index (κ3) is 9.78. The number of unbranched alkanes of at least 4 members (excludes halogenated alkanes) is 7. The molecule has 2 rings (SSSR count). The summed E-state index contributed by atoms with van der Waals surface area (Å²) in [6.07, 6.45) is 20.4. The topological polar surface area (TPSA) is 27.1 Å². The summed E-state index contributed by atoms with van der Waals surface area (Å²) in [5, 5.41) is 0.757. The first-order valence-corrected chi connectivity index (χ1v) is 10.7. The van der Waals surface area contributed by atoms with Gasteiger partial charge in [0.15, 0.2) is 0 Å². The van der Waals surface area contributed by atoms with Crippen molar-refractivity contribution < 1.29 is 4.74 Å². The van der Waals surface area contributed by atoms with E-state index in [1.54, 1.807) is 6.20 Å². The second-order valence-electron chi connectivity index (χ2n) is 7.05. The van der Waals surface area contributed by atoms with E-state index in [0.717, 1.165) is 30.2 Å². The van der Waals surface area contributed by atoms with Crippen molar-refractivity contribution >= 4 is 17.7 Å². The molecule has 0 N–H and O–H groups in total. The minimum atomic E-state index is 0.0411. The number of benzene rings is 1. The molecule has 3 nitrogen and oxygen atoms in total. The van der Waals surface area contributed by atoms with Gasteiger partial charge in [-0.1, -0.05) is 87.8 Å². The van der Waals surface area contributed by atoms with E-state index >= 15 is 0 Å². The fourth-order valence-electron chi connectivity index (χ4n) is 3.03. The lowest BCUT2D eigenvalue weighted by molar-refractivity contribution is 0.0710. The molecule has 0 aliphatic carbocycles. The van der Waals surface area contributed by atoms with Crippen molar-refractivity contribution in [3.63, 3.8) is 0 Å². The van der Waals surface area contributed by atoms with Gasteiger partial charge in [-0.2, -0.15) is 0 Å². The summed E-state index contributed by atoms with van der Waals surface area (Å²) < 4.78 is 8.20. The average molecular weight is 389 g/mol. The van der Waals surface area contributed by atoms with Gasteiger partial charge in [-0.15, -0.1) is 0 Å². The second kappa shape index (κ2) is 13.6. The molecule has 1 aromatic heterocycles. The predicted molar refractivity (Wildman–Crippen MR) is 115 cm³/mol. The fraction of sp³-hybridized carbons (Fsp3) is 0.522. The molecule has 0 aliphatic rings. The van der Waals surface area contributed by atoms with Gasteiger partial charge >= 0.3 is 0 Å². The number of rotatable bonds is 14. The molecule has 1 heterocycles. The third-order valence-electron chi connectivity index (χ3n) is 4.65. The lowest BCUT2D eigenvalue weighted by Crippen LogP contribution is -2.17. The van der Waals surface area contributed by atoms with Gasteiger partial charge in [-0.25, -0.2) is 4.98 Å². The van der Waals surface area contributed by atoms with Gasteiger partial charge < -0.3 is 9.30 Å². The molecule has 0 bridgehead atoms. The summed E-state index contributed by atoms with van der Waals surface area (Å²) >= 11 is 5.96. The third-order valence-corrected chi connectivity index (χ3v) is 4.91. The highest BCUT2D eigenvalue weighted by atomic mass is 35.5. The molecule has 148 valence electrons. The molecule has 2 aromatic rings. The van der Waals surface area contributed by atoms with Crippen molar-refractivity contribution in [1.82, 2.24) is 9.55 Å². The predicted octanol–water partition coefficient (Wildman–Crippen LogP) is 6.78. The molecule has 0 saturated heterocycles. The summed E-state index contributed by atoms with van der Waals surface area (Å²) in [4.78, 5) is 4.12. The number of nitrogens with zero attached hydrogens (tertiary/aromatic N) is 2. The number of hydrogen-bond donors (Lipinski definition) is 0. The number of hydrogen-bond acceptors (Lipinski definition) is 2. The van der Waals surface area contributed by atoms with Crippen LogP contribution in [-0.4, -0.2) is 22.3 Å². The maximum atomic E-state index is 6.14. The number of aromatic nitrogens is 2. The van der Waals surface area contributed by atoms with Crippen LogP contribution in [0.25, 0.3) is 6.08 Å². The van der Waals surface area contributed by atoms with Crippen LogP contribution in [0.15, 0.2) is 49.1 Å². The summed E-state index contributed by atoms with van der Waals surface area (Å²) in [5.41, 5.74) is 1.13. The van der Waals surface area contributed by atoms with Crippen LogP contribution in [0, 0.1) is 0 Å². The Balaban J connectivity index is 1.72. The summed E-state index contributed by atoms with van der Waals surface area (Å²) in [7, 11) is 0. The van der Waals surface area contributed by atoms with Crippen molar-refractivity contribution in [1.29, 1.82) is 0 Å². The van der Waals surface area contributed by atoms with Crippen LogP contribution in [0.1, 0.15) is 63.9 Å². The van der Waals surface area contributed by atoms with Crippen molar-refractivity contribution in [2.24, 2.45) is 0 Å². The second-order valence-corrected chi connectivity index (χ2v) is 7.49. The van der Waals surface area contributed by atoms with Gasteiger partial charge in [0.2, 0.25) is 0 Å². The maximum Gasteiger partial charge on any atom is 0.0946 e. The molecule has 0 fully saturated rings. The Bertz CT molecular complexity index is 622. The molecule has 0 amide bonds. The van der Waals surface area contributed by atoms with Gasteiger partial charge in [0, 0.05) is 24.0 Å². The molecule has 1 unspecified atom stereocenters. The number of imidazole rings is 1. The fourth-order valence-corrected chi connectivity index (χ4v) is 3.16. The lowest BCUT2D eigenvalue weighted by Gasteiger charge is -2.15. The van der Waals surface area contributed by atoms with E-state index in [1.807, 2.05) is 36.8 Å². The van der Waals surface area contributed by atoms with Crippen molar-refractivity contribution in [2.75, 3.05) is 6.61 Å². The Kier molecular flexibility index (Phi) is 10.9. The van der Waals surface area contributed by atoms with E-state index in [1.165, 1.54) is 44.9 Å². The Hall–Kier alpha value is -1.58. The van der Waals surface area contributed by atoms with Crippen molar-refractivity contribution in [3.05, 3.63) is 59.6 Å². The smallest absolute Gasteiger partial charge is 0.0946 e.